The number of aryl methyl sites for hydroxylation is 3. The Bertz CT molecular complexity index is 612. The van der Waals surface area contributed by atoms with Gasteiger partial charge in [0.25, 0.3) is 0 Å². The molecule has 0 unspecified atom stereocenters. The zero-order valence-electron chi connectivity index (χ0n) is 13.4. The molecule has 0 aromatic carbocycles. The molecule has 21 heavy (non-hydrogen) atoms. The molecule has 0 aliphatic heterocycles. The van der Waals surface area contributed by atoms with Gasteiger partial charge >= 0.3 is 0 Å². The van der Waals surface area contributed by atoms with Crippen LogP contribution < -0.4 is 5.32 Å². The lowest BCUT2D eigenvalue weighted by Crippen LogP contribution is -2.21. The summed E-state index contributed by atoms with van der Waals surface area (Å²) in [7, 11) is 1.93. The highest BCUT2D eigenvalue weighted by molar-refractivity contribution is 6.31. The van der Waals surface area contributed by atoms with Crippen molar-refractivity contribution in [1.29, 1.82) is 0 Å². The minimum atomic E-state index is 0.636. The topological polar surface area (TPSA) is 47.7 Å². The molecule has 0 aliphatic carbocycles. The molecule has 0 amide bonds. The smallest absolute Gasteiger partial charge is 0.106 e. The van der Waals surface area contributed by atoms with Gasteiger partial charge in [0.15, 0.2) is 0 Å². The first kappa shape index (κ1) is 16.0. The Morgan fingerprint density at radius 3 is 2.62 bits per heavy atom. The highest BCUT2D eigenvalue weighted by Gasteiger charge is 2.14. The Morgan fingerprint density at radius 1 is 1.33 bits per heavy atom. The van der Waals surface area contributed by atoms with E-state index in [1.807, 2.05) is 31.8 Å². The lowest BCUT2D eigenvalue weighted by atomic mass is 10.2. The molecule has 0 fully saturated rings. The molecule has 1 N–H and O–H groups in total. The van der Waals surface area contributed by atoms with E-state index in [0.29, 0.717) is 12.5 Å². The predicted molar refractivity (Wildman–Crippen MR) is 85.6 cm³/mol. The zero-order chi connectivity index (χ0) is 15.6. The van der Waals surface area contributed by atoms with Crippen LogP contribution in [0.25, 0.3) is 0 Å². The van der Waals surface area contributed by atoms with E-state index in [4.69, 9.17) is 11.6 Å². The number of nitrogens with one attached hydrogen (secondary N) is 1. The second kappa shape index (κ2) is 6.62. The van der Waals surface area contributed by atoms with Gasteiger partial charge < -0.3 is 9.88 Å². The van der Waals surface area contributed by atoms with Crippen molar-refractivity contribution < 1.29 is 0 Å². The molecule has 2 rings (SSSR count). The van der Waals surface area contributed by atoms with Crippen LogP contribution >= 0.6 is 11.6 Å². The number of halogens is 1. The fourth-order valence-electron chi connectivity index (χ4n) is 2.36. The van der Waals surface area contributed by atoms with Crippen molar-refractivity contribution >= 4 is 11.6 Å². The summed E-state index contributed by atoms with van der Waals surface area (Å²) in [5.74, 6) is 1.63. The minimum Gasteiger partial charge on any atom is -0.325 e. The predicted octanol–water partition coefficient (Wildman–Crippen LogP) is 2.68. The largest absolute Gasteiger partial charge is 0.325 e. The van der Waals surface area contributed by atoms with Gasteiger partial charge in [0, 0.05) is 19.8 Å². The molecular weight excluding hydrogens is 286 g/mol. The molecule has 0 aliphatic rings. The summed E-state index contributed by atoms with van der Waals surface area (Å²) in [5, 5.41) is 8.57. The number of nitrogens with zero attached hydrogens (tertiary/aromatic N) is 4. The van der Waals surface area contributed by atoms with Crippen molar-refractivity contribution in [2.24, 2.45) is 13.0 Å². The summed E-state index contributed by atoms with van der Waals surface area (Å²) in [6.45, 7) is 10.9. The van der Waals surface area contributed by atoms with Gasteiger partial charge in [-0.3, -0.25) is 4.68 Å². The van der Waals surface area contributed by atoms with Crippen LogP contribution in [-0.4, -0.2) is 25.9 Å². The molecule has 2 aromatic heterocycles. The number of hydrogen-bond acceptors (Lipinski definition) is 3. The highest BCUT2D eigenvalue weighted by Crippen LogP contribution is 2.21. The summed E-state index contributed by atoms with van der Waals surface area (Å²) in [6.07, 6.45) is 1.93. The van der Waals surface area contributed by atoms with Gasteiger partial charge in [-0.2, -0.15) is 5.10 Å². The molecule has 0 saturated heterocycles. The summed E-state index contributed by atoms with van der Waals surface area (Å²) >= 11 is 6.35. The van der Waals surface area contributed by atoms with Gasteiger partial charge in [0.2, 0.25) is 0 Å². The average molecular weight is 310 g/mol. The first-order valence-corrected chi connectivity index (χ1v) is 7.67. The van der Waals surface area contributed by atoms with Crippen LogP contribution in [0.4, 0.5) is 0 Å². The Kier molecular flexibility index (Phi) is 5.06. The maximum Gasteiger partial charge on any atom is 0.106 e. The molecule has 6 heteroatoms. The molecule has 0 atom stereocenters. The second-order valence-electron chi connectivity index (χ2n) is 5.88. The molecule has 116 valence electrons. The van der Waals surface area contributed by atoms with Crippen LogP contribution in [0.5, 0.6) is 0 Å². The van der Waals surface area contributed by atoms with Crippen molar-refractivity contribution in [2.75, 3.05) is 6.54 Å². The normalized spacial score (nSPS) is 11.6. The third-order valence-corrected chi connectivity index (χ3v) is 4.06. The fourth-order valence-corrected chi connectivity index (χ4v) is 2.58. The van der Waals surface area contributed by atoms with Gasteiger partial charge in [-0.1, -0.05) is 25.4 Å². The molecule has 0 radical (unpaired) electrons. The lowest BCUT2D eigenvalue weighted by Gasteiger charge is -2.12. The molecular formula is C15H24ClN5. The first-order valence-electron chi connectivity index (χ1n) is 7.29. The maximum absolute atomic E-state index is 6.35. The van der Waals surface area contributed by atoms with Gasteiger partial charge in [-0.15, -0.1) is 0 Å². The Balaban J connectivity index is 2.18. The third-order valence-electron chi connectivity index (χ3n) is 3.57. The van der Waals surface area contributed by atoms with Gasteiger partial charge in [-0.05, 0) is 26.3 Å². The van der Waals surface area contributed by atoms with Crippen LogP contribution in [-0.2, 0) is 20.1 Å². The third kappa shape index (κ3) is 3.66. The Morgan fingerprint density at radius 2 is 2.05 bits per heavy atom. The Hall–Kier alpha value is -1.33. The van der Waals surface area contributed by atoms with E-state index in [-0.39, 0.29) is 0 Å². The Labute approximate surface area is 131 Å². The first-order chi connectivity index (χ1) is 9.90. The van der Waals surface area contributed by atoms with E-state index < -0.39 is 0 Å². The highest BCUT2D eigenvalue weighted by atomic mass is 35.5. The lowest BCUT2D eigenvalue weighted by molar-refractivity contribution is 0.534. The van der Waals surface area contributed by atoms with Crippen molar-refractivity contribution in [1.82, 2.24) is 24.6 Å². The summed E-state index contributed by atoms with van der Waals surface area (Å²) in [6, 6.07) is 0. The van der Waals surface area contributed by atoms with E-state index in [1.54, 1.807) is 0 Å². The monoisotopic (exact) mass is 309 g/mol. The maximum atomic E-state index is 6.35. The van der Waals surface area contributed by atoms with Crippen molar-refractivity contribution in [3.63, 3.8) is 0 Å². The van der Waals surface area contributed by atoms with E-state index in [2.05, 4.69) is 33.8 Å². The number of aromatic nitrogens is 4. The number of hydrogen-bond donors (Lipinski definition) is 1. The average Bonchev–Trinajstić information content (AvgIpc) is 2.86. The second-order valence-corrected chi connectivity index (χ2v) is 6.26. The summed E-state index contributed by atoms with van der Waals surface area (Å²) < 4.78 is 4.04. The zero-order valence-corrected chi connectivity index (χ0v) is 14.2. The van der Waals surface area contributed by atoms with Crippen molar-refractivity contribution in [3.05, 3.63) is 34.1 Å². The van der Waals surface area contributed by atoms with Crippen molar-refractivity contribution in [2.45, 2.75) is 40.8 Å². The number of rotatable bonds is 6. The fraction of sp³-hybridized carbons (Fsp3) is 0.600. The quantitative estimate of drug-likeness (QED) is 0.892. The van der Waals surface area contributed by atoms with E-state index >= 15 is 0 Å². The van der Waals surface area contributed by atoms with E-state index in [9.17, 15) is 0 Å². The van der Waals surface area contributed by atoms with Gasteiger partial charge in [-0.25, -0.2) is 4.98 Å². The van der Waals surface area contributed by atoms with Crippen LogP contribution in [0.3, 0.4) is 0 Å². The van der Waals surface area contributed by atoms with Gasteiger partial charge in [0.1, 0.15) is 5.82 Å². The van der Waals surface area contributed by atoms with Crippen LogP contribution in [0, 0.1) is 19.8 Å². The standard InChI is InChI=1S/C15H24ClN5/c1-10(2)6-17-7-13-8-18-12(4)21(13)9-14-15(16)11(3)19-20(14)5/h8,10,17H,6-7,9H2,1-5H3. The molecule has 5 nitrogen and oxygen atoms in total. The molecule has 0 spiro atoms. The summed E-state index contributed by atoms with van der Waals surface area (Å²) in [5.41, 5.74) is 3.05. The van der Waals surface area contributed by atoms with E-state index in [0.717, 1.165) is 35.3 Å². The molecule has 0 saturated carbocycles. The summed E-state index contributed by atoms with van der Waals surface area (Å²) in [4.78, 5) is 4.43. The van der Waals surface area contributed by atoms with Crippen molar-refractivity contribution in [3.8, 4) is 0 Å². The van der Waals surface area contributed by atoms with Crippen LogP contribution in [0.2, 0.25) is 5.02 Å². The van der Waals surface area contributed by atoms with E-state index in [1.165, 1.54) is 5.69 Å². The minimum absolute atomic E-state index is 0.636. The van der Waals surface area contributed by atoms with Crippen LogP contribution in [0.15, 0.2) is 6.20 Å². The van der Waals surface area contributed by atoms with Gasteiger partial charge in [0.05, 0.1) is 28.6 Å². The van der Waals surface area contributed by atoms with Crippen LogP contribution in [0.1, 0.15) is 36.8 Å². The number of imidazole rings is 1. The molecule has 2 aromatic rings. The molecule has 0 bridgehead atoms. The molecule has 2 heterocycles. The SMILES string of the molecule is Cc1nn(C)c(Cn2c(CNCC(C)C)cnc2C)c1Cl.